The summed E-state index contributed by atoms with van der Waals surface area (Å²) in [5.74, 6) is 0. The lowest BCUT2D eigenvalue weighted by atomic mass is 9.85. The number of nitrogens with zero attached hydrogens (tertiary/aromatic N) is 1. The van der Waals surface area contributed by atoms with E-state index in [0.717, 1.165) is 11.6 Å². The highest BCUT2D eigenvalue weighted by Crippen LogP contribution is 2.32. The molecule has 3 heteroatoms. The van der Waals surface area contributed by atoms with Crippen LogP contribution in [0.1, 0.15) is 30.4 Å². The number of aryl methyl sites for hydroxylation is 1. The first-order chi connectivity index (χ1) is 11.2. The van der Waals surface area contributed by atoms with Gasteiger partial charge in [-0.25, -0.2) is 0 Å². The average Bonchev–Trinajstić information content (AvgIpc) is 3.11. The van der Waals surface area contributed by atoms with Crippen molar-refractivity contribution in [1.82, 2.24) is 4.90 Å². The molecule has 2 aromatic rings. The molecule has 4 rings (SSSR count). The highest BCUT2D eigenvalue weighted by atomic mass is 35.5. The molecule has 0 aromatic heterocycles. The summed E-state index contributed by atoms with van der Waals surface area (Å²) in [4.78, 5) is 2.69. The molecule has 1 unspecified atom stereocenters. The Hall–Kier alpha value is -1.02. The zero-order chi connectivity index (χ0) is 15.8. The third kappa shape index (κ3) is 3.15. The van der Waals surface area contributed by atoms with E-state index in [4.69, 9.17) is 23.2 Å². The van der Waals surface area contributed by atoms with Crippen molar-refractivity contribution < 1.29 is 0 Å². The van der Waals surface area contributed by atoms with E-state index in [2.05, 4.69) is 23.1 Å². The molecule has 1 atom stereocenters. The van der Waals surface area contributed by atoms with E-state index in [1.165, 1.54) is 61.9 Å². The number of halogens is 2. The Morgan fingerprint density at radius 2 is 1.57 bits per heavy atom. The minimum absolute atomic E-state index is 0.613. The summed E-state index contributed by atoms with van der Waals surface area (Å²) >= 11 is 12.2. The number of fused-ring (bicyclic) bond motifs is 1. The second-order valence-corrected chi connectivity index (χ2v) is 7.57. The van der Waals surface area contributed by atoms with Gasteiger partial charge in [-0.15, -0.1) is 0 Å². The van der Waals surface area contributed by atoms with Gasteiger partial charge in [0.05, 0.1) is 10.0 Å². The number of likely N-dealkylation sites (tertiary alicyclic amines) is 1. The molecule has 0 amide bonds. The summed E-state index contributed by atoms with van der Waals surface area (Å²) in [5.41, 5.74) is 5.41. The normalized spacial score (nSPS) is 21.4. The smallest absolute Gasteiger partial charge is 0.0598 e. The molecule has 1 aliphatic carbocycles. The van der Waals surface area contributed by atoms with Gasteiger partial charge < -0.3 is 4.90 Å². The Labute approximate surface area is 148 Å². The molecule has 23 heavy (non-hydrogen) atoms. The van der Waals surface area contributed by atoms with E-state index in [0.29, 0.717) is 10.0 Å². The summed E-state index contributed by atoms with van der Waals surface area (Å²) in [7, 11) is 0. The molecule has 0 radical (unpaired) electrons. The lowest BCUT2D eigenvalue weighted by Crippen LogP contribution is -2.37. The quantitative estimate of drug-likeness (QED) is 0.683. The monoisotopic (exact) mass is 345 g/mol. The highest BCUT2D eigenvalue weighted by Gasteiger charge is 2.26. The van der Waals surface area contributed by atoms with E-state index in [1.54, 1.807) is 0 Å². The molecule has 0 saturated carbocycles. The minimum atomic E-state index is 0.613. The van der Waals surface area contributed by atoms with Crippen LogP contribution in [-0.2, 0) is 12.8 Å². The lowest BCUT2D eigenvalue weighted by Gasteiger charge is -2.32. The Morgan fingerprint density at radius 1 is 0.826 bits per heavy atom. The van der Waals surface area contributed by atoms with E-state index < -0.39 is 0 Å². The first kappa shape index (κ1) is 15.5. The first-order valence-electron chi connectivity index (χ1n) is 8.52. The van der Waals surface area contributed by atoms with Crippen LogP contribution in [0.5, 0.6) is 0 Å². The zero-order valence-electron chi connectivity index (χ0n) is 13.2. The van der Waals surface area contributed by atoms with Gasteiger partial charge in [0, 0.05) is 6.04 Å². The summed E-state index contributed by atoms with van der Waals surface area (Å²) in [6, 6.07) is 13.5. The van der Waals surface area contributed by atoms with Crippen molar-refractivity contribution in [3.05, 3.63) is 57.6 Å². The van der Waals surface area contributed by atoms with Crippen molar-refractivity contribution in [3.63, 3.8) is 0 Å². The second kappa shape index (κ2) is 6.47. The molecule has 0 spiro atoms. The molecule has 120 valence electrons. The van der Waals surface area contributed by atoms with E-state index in [1.807, 2.05) is 18.2 Å². The zero-order valence-corrected chi connectivity index (χ0v) is 14.7. The van der Waals surface area contributed by atoms with Gasteiger partial charge in [0.2, 0.25) is 0 Å². The van der Waals surface area contributed by atoms with Crippen LogP contribution in [0.4, 0.5) is 0 Å². The third-order valence-electron chi connectivity index (χ3n) is 5.32. The van der Waals surface area contributed by atoms with E-state index in [9.17, 15) is 0 Å². The lowest BCUT2D eigenvalue weighted by molar-refractivity contribution is 0.222. The minimum Gasteiger partial charge on any atom is -0.300 e. The van der Waals surface area contributed by atoms with Crippen molar-refractivity contribution >= 4 is 23.2 Å². The third-order valence-corrected chi connectivity index (χ3v) is 6.06. The van der Waals surface area contributed by atoms with E-state index in [-0.39, 0.29) is 0 Å². The van der Waals surface area contributed by atoms with Gasteiger partial charge in [0.15, 0.2) is 0 Å². The summed E-state index contributed by atoms with van der Waals surface area (Å²) in [6.07, 6.45) is 6.43. The molecular weight excluding hydrogens is 325 g/mol. The molecular formula is C20H21Cl2N. The average molecular weight is 346 g/mol. The molecule has 1 saturated heterocycles. The summed E-state index contributed by atoms with van der Waals surface area (Å²) in [6.45, 7) is 2.59. The number of hydrogen-bond acceptors (Lipinski definition) is 1. The van der Waals surface area contributed by atoms with Crippen LogP contribution in [-0.4, -0.2) is 24.0 Å². The fourth-order valence-corrected chi connectivity index (χ4v) is 4.31. The molecule has 1 heterocycles. The van der Waals surface area contributed by atoms with Crippen LogP contribution < -0.4 is 0 Å². The highest BCUT2D eigenvalue weighted by molar-refractivity contribution is 6.42. The number of rotatable bonds is 2. The molecule has 2 aliphatic rings. The van der Waals surface area contributed by atoms with Gasteiger partial charge in [-0.3, -0.25) is 0 Å². The van der Waals surface area contributed by atoms with Crippen LogP contribution in [0, 0.1) is 0 Å². The van der Waals surface area contributed by atoms with Crippen molar-refractivity contribution in [2.45, 2.75) is 38.1 Å². The van der Waals surface area contributed by atoms with Gasteiger partial charge in [0.25, 0.3) is 0 Å². The Balaban J connectivity index is 1.58. The molecule has 1 nitrogen and oxygen atoms in total. The molecule has 2 aromatic carbocycles. The predicted molar refractivity (Wildman–Crippen MR) is 98.5 cm³/mol. The SMILES string of the molecule is Clc1ccc(-c2ccc3c(c2)CCC(N2CCCC2)C3)cc1Cl. The largest absolute Gasteiger partial charge is 0.300 e. The summed E-state index contributed by atoms with van der Waals surface area (Å²) in [5, 5.41) is 1.23. The van der Waals surface area contributed by atoms with Crippen LogP contribution in [0.25, 0.3) is 11.1 Å². The second-order valence-electron chi connectivity index (χ2n) is 6.75. The van der Waals surface area contributed by atoms with Gasteiger partial charge in [-0.2, -0.15) is 0 Å². The molecule has 0 bridgehead atoms. The number of hydrogen-bond donors (Lipinski definition) is 0. The van der Waals surface area contributed by atoms with Gasteiger partial charge >= 0.3 is 0 Å². The maximum absolute atomic E-state index is 6.16. The predicted octanol–water partition coefficient (Wildman–Crippen LogP) is 5.61. The summed E-state index contributed by atoms with van der Waals surface area (Å²) < 4.78 is 0. The molecule has 0 N–H and O–H groups in total. The van der Waals surface area contributed by atoms with Crippen molar-refractivity contribution in [3.8, 4) is 11.1 Å². The van der Waals surface area contributed by atoms with Crippen LogP contribution in [0.15, 0.2) is 36.4 Å². The van der Waals surface area contributed by atoms with E-state index >= 15 is 0 Å². The molecule has 1 fully saturated rings. The van der Waals surface area contributed by atoms with Gasteiger partial charge in [0.1, 0.15) is 0 Å². The number of benzene rings is 2. The Morgan fingerprint density at radius 3 is 2.35 bits per heavy atom. The first-order valence-corrected chi connectivity index (χ1v) is 9.27. The van der Waals surface area contributed by atoms with Crippen molar-refractivity contribution in [2.24, 2.45) is 0 Å². The molecule has 1 aliphatic heterocycles. The van der Waals surface area contributed by atoms with Crippen molar-refractivity contribution in [1.29, 1.82) is 0 Å². The van der Waals surface area contributed by atoms with Gasteiger partial charge in [-0.05, 0) is 79.6 Å². The maximum atomic E-state index is 6.16. The fraction of sp³-hybridized carbons (Fsp3) is 0.400. The maximum Gasteiger partial charge on any atom is 0.0598 e. The van der Waals surface area contributed by atoms with Crippen LogP contribution in [0.2, 0.25) is 10.0 Å². The van der Waals surface area contributed by atoms with Crippen LogP contribution >= 0.6 is 23.2 Å². The fourth-order valence-electron chi connectivity index (χ4n) is 4.01. The Bertz CT molecular complexity index is 720. The van der Waals surface area contributed by atoms with Gasteiger partial charge in [-0.1, -0.05) is 47.5 Å². The van der Waals surface area contributed by atoms with Crippen molar-refractivity contribution in [2.75, 3.05) is 13.1 Å². The standard InChI is InChI=1S/C20H21Cl2N/c21-19-8-6-17(13-20(19)22)14-3-4-16-12-18(7-5-15(16)11-14)23-9-1-2-10-23/h3-4,6,8,11,13,18H,1-2,5,7,9-10,12H2. The topological polar surface area (TPSA) is 3.24 Å². The van der Waals surface area contributed by atoms with Crippen LogP contribution in [0.3, 0.4) is 0 Å². The Kier molecular flexibility index (Phi) is 4.36.